The summed E-state index contributed by atoms with van der Waals surface area (Å²) in [5.74, 6) is -0.212. The van der Waals surface area contributed by atoms with Crippen molar-refractivity contribution >= 4 is 5.97 Å². The molecule has 3 nitrogen and oxygen atoms in total. The van der Waals surface area contributed by atoms with E-state index in [-0.39, 0.29) is 5.97 Å². The molecule has 1 aliphatic heterocycles. The van der Waals surface area contributed by atoms with E-state index in [0.29, 0.717) is 12.1 Å². The van der Waals surface area contributed by atoms with Crippen LogP contribution in [0.25, 0.3) is 0 Å². The first-order chi connectivity index (χ1) is 5.61. The topological polar surface area (TPSA) is 29.5 Å². The molecule has 2 unspecified atom stereocenters. The molecule has 70 valence electrons. The maximum atomic E-state index is 10.7. The lowest BCUT2D eigenvalue weighted by molar-refractivity contribution is -0.217. The Labute approximate surface area is 73.6 Å². The van der Waals surface area contributed by atoms with Gasteiger partial charge in [-0.1, -0.05) is 6.42 Å². The highest BCUT2D eigenvalue weighted by Gasteiger charge is 2.26. The number of hydrogen-bond donors (Lipinski definition) is 0. The fraction of sp³-hybridized carbons (Fsp3) is 0.889. The molecule has 0 radical (unpaired) electrons. The van der Waals surface area contributed by atoms with Crippen molar-refractivity contribution in [3.63, 3.8) is 0 Å². The average Bonchev–Trinajstić information content (AvgIpc) is 1.97. The number of carbonyl (C=O) groups is 1. The average molecular weight is 171 g/mol. The quantitative estimate of drug-likeness (QED) is 0.601. The summed E-state index contributed by atoms with van der Waals surface area (Å²) < 4.78 is 0. The molecule has 0 spiro atoms. The number of carbonyl (C=O) groups excluding carboxylic acids is 1. The van der Waals surface area contributed by atoms with Crippen molar-refractivity contribution < 1.29 is 9.63 Å². The molecule has 0 N–H and O–H groups in total. The second kappa shape index (κ2) is 3.90. The van der Waals surface area contributed by atoms with E-state index in [1.165, 1.54) is 13.3 Å². The summed E-state index contributed by atoms with van der Waals surface area (Å²) in [6, 6.07) is 0.746. The minimum Gasteiger partial charge on any atom is -0.368 e. The van der Waals surface area contributed by atoms with E-state index in [4.69, 9.17) is 4.84 Å². The Bertz CT molecular complexity index is 160. The van der Waals surface area contributed by atoms with Crippen molar-refractivity contribution in [2.75, 3.05) is 0 Å². The smallest absolute Gasteiger partial charge is 0.322 e. The number of rotatable bonds is 1. The molecule has 0 aromatic carbocycles. The first kappa shape index (κ1) is 9.52. The predicted octanol–water partition coefficient (Wildman–Crippen LogP) is 1.73. The largest absolute Gasteiger partial charge is 0.368 e. The zero-order chi connectivity index (χ0) is 9.14. The van der Waals surface area contributed by atoms with Crippen LogP contribution >= 0.6 is 0 Å². The number of hydroxylamine groups is 2. The van der Waals surface area contributed by atoms with Crippen LogP contribution in [0.1, 0.15) is 40.0 Å². The van der Waals surface area contributed by atoms with Gasteiger partial charge in [-0.2, -0.15) is 0 Å². The van der Waals surface area contributed by atoms with Gasteiger partial charge in [-0.05, 0) is 26.7 Å². The Hall–Kier alpha value is -0.570. The highest BCUT2D eigenvalue weighted by molar-refractivity contribution is 5.65. The third-order valence-corrected chi connectivity index (χ3v) is 2.35. The van der Waals surface area contributed by atoms with Crippen molar-refractivity contribution in [1.29, 1.82) is 0 Å². The van der Waals surface area contributed by atoms with Crippen LogP contribution in [0, 0.1) is 0 Å². The van der Waals surface area contributed by atoms with Crippen LogP contribution < -0.4 is 0 Å². The third-order valence-electron chi connectivity index (χ3n) is 2.35. The van der Waals surface area contributed by atoms with Gasteiger partial charge in [-0.3, -0.25) is 4.79 Å². The lowest BCUT2D eigenvalue weighted by atomic mass is 10.0. The fourth-order valence-corrected chi connectivity index (χ4v) is 1.73. The van der Waals surface area contributed by atoms with E-state index >= 15 is 0 Å². The molecule has 3 heteroatoms. The molecule has 1 fully saturated rings. The van der Waals surface area contributed by atoms with Crippen molar-refractivity contribution in [1.82, 2.24) is 5.06 Å². The van der Waals surface area contributed by atoms with Gasteiger partial charge in [0.1, 0.15) is 0 Å². The molecule has 0 bridgehead atoms. The highest BCUT2D eigenvalue weighted by Crippen LogP contribution is 2.22. The Morgan fingerprint density at radius 2 is 1.83 bits per heavy atom. The van der Waals surface area contributed by atoms with Gasteiger partial charge in [0.05, 0.1) is 0 Å². The van der Waals surface area contributed by atoms with Gasteiger partial charge in [0.25, 0.3) is 0 Å². The van der Waals surface area contributed by atoms with E-state index < -0.39 is 0 Å². The van der Waals surface area contributed by atoms with Gasteiger partial charge in [-0.15, -0.1) is 5.06 Å². The van der Waals surface area contributed by atoms with Gasteiger partial charge >= 0.3 is 5.97 Å². The molecule has 1 aliphatic rings. The van der Waals surface area contributed by atoms with Crippen molar-refractivity contribution in [3.8, 4) is 0 Å². The molecule has 2 atom stereocenters. The molecule has 0 aromatic heterocycles. The van der Waals surface area contributed by atoms with Crippen LogP contribution in [0.3, 0.4) is 0 Å². The molecule has 0 aromatic rings. The van der Waals surface area contributed by atoms with Crippen molar-refractivity contribution in [3.05, 3.63) is 0 Å². The summed E-state index contributed by atoms with van der Waals surface area (Å²) in [6.07, 6.45) is 3.48. The minimum absolute atomic E-state index is 0.212. The zero-order valence-corrected chi connectivity index (χ0v) is 8.04. The van der Waals surface area contributed by atoms with E-state index in [1.807, 2.05) is 5.06 Å². The number of hydrogen-bond acceptors (Lipinski definition) is 3. The third kappa shape index (κ3) is 2.21. The molecule has 0 saturated carbocycles. The van der Waals surface area contributed by atoms with Gasteiger partial charge < -0.3 is 4.84 Å². The molecular formula is C9H17NO2. The number of piperidine rings is 1. The molecular weight excluding hydrogens is 154 g/mol. The summed E-state index contributed by atoms with van der Waals surface area (Å²) >= 11 is 0. The van der Waals surface area contributed by atoms with Crippen LogP contribution in [-0.4, -0.2) is 23.1 Å². The normalized spacial score (nSPS) is 31.6. The SMILES string of the molecule is CC(=O)ON1C(C)CCCC1C. The van der Waals surface area contributed by atoms with E-state index in [1.54, 1.807) is 0 Å². The first-order valence-electron chi connectivity index (χ1n) is 4.58. The van der Waals surface area contributed by atoms with Crippen molar-refractivity contribution in [2.45, 2.75) is 52.1 Å². The second-order valence-corrected chi connectivity index (χ2v) is 3.57. The second-order valence-electron chi connectivity index (χ2n) is 3.57. The number of nitrogens with zero attached hydrogens (tertiary/aromatic N) is 1. The Kier molecular flexibility index (Phi) is 3.09. The van der Waals surface area contributed by atoms with Gasteiger partial charge in [-0.25, -0.2) is 0 Å². The summed E-state index contributed by atoms with van der Waals surface area (Å²) in [5, 5.41) is 1.83. The Morgan fingerprint density at radius 1 is 1.33 bits per heavy atom. The van der Waals surface area contributed by atoms with Crippen LogP contribution in [-0.2, 0) is 9.63 Å². The van der Waals surface area contributed by atoms with E-state index in [2.05, 4.69) is 13.8 Å². The van der Waals surface area contributed by atoms with Crippen LogP contribution in [0.5, 0.6) is 0 Å². The van der Waals surface area contributed by atoms with Gasteiger partial charge in [0.2, 0.25) is 0 Å². The molecule has 1 heterocycles. The van der Waals surface area contributed by atoms with Crippen molar-refractivity contribution in [2.24, 2.45) is 0 Å². The predicted molar refractivity (Wildman–Crippen MR) is 46.4 cm³/mol. The Morgan fingerprint density at radius 3 is 2.25 bits per heavy atom. The zero-order valence-electron chi connectivity index (χ0n) is 8.04. The minimum atomic E-state index is -0.212. The van der Waals surface area contributed by atoms with Crippen LogP contribution in [0.15, 0.2) is 0 Å². The van der Waals surface area contributed by atoms with E-state index in [9.17, 15) is 4.79 Å². The maximum absolute atomic E-state index is 10.7. The summed E-state index contributed by atoms with van der Waals surface area (Å²) in [6.45, 7) is 5.64. The fourth-order valence-electron chi connectivity index (χ4n) is 1.73. The summed E-state index contributed by atoms with van der Waals surface area (Å²) in [4.78, 5) is 15.8. The first-order valence-corrected chi connectivity index (χ1v) is 4.58. The monoisotopic (exact) mass is 171 g/mol. The van der Waals surface area contributed by atoms with Gasteiger partial charge in [0.15, 0.2) is 0 Å². The van der Waals surface area contributed by atoms with Gasteiger partial charge in [0, 0.05) is 19.0 Å². The molecule has 12 heavy (non-hydrogen) atoms. The lowest BCUT2D eigenvalue weighted by Gasteiger charge is -2.36. The van der Waals surface area contributed by atoms with Crippen LogP contribution in [0.4, 0.5) is 0 Å². The standard InChI is InChI=1S/C9H17NO2/c1-7-5-4-6-8(2)10(7)12-9(3)11/h7-8H,4-6H2,1-3H3. The molecule has 0 amide bonds. The maximum Gasteiger partial charge on any atom is 0.322 e. The molecule has 0 aliphatic carbocycles. The molecule has 1 rings (SSSR count). The highest BCUT2D eigenvalue weighted by atomic mass is 16.7. The summed E-state index contributed by atoms with van der Waals surface area (Å²) in [7, 11) is 0. The Balaban J connectivity index is 2.50. The summed E-state index contributed by atoms with van der Waals surface area (Å²) in [5.41, 5.74) is 0. The molecule has 1 saturated heterocycles. The van der Waals surface area contributed by atoms with Crippen LogP contribution in [0.2, 0.25) is 0 Å². The lowest BCUT2D eigenvalue weighted by Crippen LogP contribution is -2.44. The van der Waals surface area contributed by atoms with E-state index in [0.717, 1.165) is 12.8 Å².